The SMILES string of the molecule is CCc1ccc(C(C)C=O)c(OC(F)F)c1. The number of rotatable bonds is 5. The van der Waals surface area contributed by atoms with Crippen LogP contribution >= 0.6 is 0 Å². The third-order valence-electron chi connectivity index (χ3n) is 2.40. The zero-order valence-electron chi connectivity index (χ0n) is 9.24. The normalized spacial score (nSPS) is 12.6. The summed E-state index contributed by atoms with van der Waals surface area (Å²) in [7, 11) is 0. The molecular weight excluding hydrogens is 214 g/mol. The summed E-state index contributed by atoms with van der Waals surface area (Å²) in [4.78, 5) is 10.7. The van der Waals surface area contributed by atoms with Gasteiger partial charge in [-0.15, -0.1) is 0 Å². The number of benzene rings is 1. The van der Waals surface area contributed by atoms with E-state index in [-0.39, 0.29) is 5.75 Å². The maximum Gasteiger partial charge on any atom is 0.387 e. The van der Waals surface area contributed by atoms with Crippen LogP contribution in [-0.2, 0) is 11.2 Å². The van der Waals surface area contributed by atoms with Crippen molar-refractivity contribution in [2.75, 3.05) is 0 Å². The van der Waals surface area contributed by atoms with Crippen molar-refractivity contribution >= 4 is 6.29 Å². The Hall–Kier alpha value is -1.45. The molecule has 1 atom stereocenters. The lowest BCUT2D eigenvalue weighted by Gasteiger charge is -2.13. The second-order valence-corrected chi connectivity index (χ2v) is 3.53. The minimum atomic E-state index is -2.87. The Kier molecular flexibility index (Phi) is 4.40. The standard InChI is InChI=1S/C12H14F2O2/c1-3-9-4-5-10(8(2)7-15)11(6-9)16-12(13)14/h4-8,12H,3H2,1-2H3. The van der Waals surface area contributed by atoms with Crippen LogP contribution in [0.3, 0.4) is 0 Å². The molecule has 0 aliphatic heterocycles. The Morgan fingerprint density at radius 2 is 2.12 bits per heavy atom. The summed E-state index contributed by atoms with van der Waals surface area (Å²) in [5.41, 5.74) is 1.39. The predicted octanol–water partition coefficient (Wildman–Crippen LogP) is 3.15. The highest BCUT2D eigenvalue weighted by molar-refractivity contribution is 5.64. The fourth-order valence-corrected chi connectivity index (χ4v) is 1.45. The Morgan fingerprint density at radius 1 is 1.44 bits per heavy atom. The molecule has 88 valence electrons. The van der Waals surface area contributed by atoms with Gasteiger partial charge in [0.15, 0.2) is 0 Å². The summed E-state index contributed by atoms with van der Waals surface area (Å²) in [6.45, 7) is 0.695. The Morgan fingerprint density at radius 3 is 2.62 bits per heavy atom. The van der Waals surface area contributed by atoms with E-state index in [0.29, 0.717) is 11.8 Å². The van der Waals surface area contributed by atoms with Crippen LogP contribution in [0.25, 0.3) is 0 Å². The molecule has 0 saturated heterocycles. The Balaban J connectivity index is 3.10. The van der Waals surface area contributed by atoms with Crippen LogP contribution in [0, 0.1) is 0 Å². The van der Waals surface area contributed by atoms with Gasteiger partial charge in [0.2, 0.25) is 0 Å². The van der Waals surface area contributed by atoms with E-state index >= 15 is 0 Å². The highest BCUT2D eigenvalue weighted by Gasteiger charge is 2.14. The molecular formula is C12H14F2O2. The molecule has 0 fully saturated rings. The van der Waals surface area contributed by atoms with E-state index in [9.17, 15) is 13.6 Å². The molecule has 0 bridgehead atoms. The van der Waals surface area contributed by atoms with E-state index in [1.54, 1.807) is 19.1 Å². The quantitative estimate of drug-likeness (QED) is 0.723. The Bertz CT molecular complexity index is 364. The number of alkyl halides is 2. The van der Waals surface area contributed by atoms with E-state index in [0.717, 1.165) is 12.0 Å². The number of ether oxygens (including phenoxy) is 1. The monoisotopic (exact) mass is 228 g/mol. The van der Waals surface area contributed by atoms with Crippen molar-refractivity contribution < 1.29 is 18.3 Å². The first-order valence-corrected chi connectivity index (χ1v) is 5.11. The van der Waals surface area contributed by atoms with E-state index in [2.05, 4.69) is 4.74 Å². The highest BCUT2D eigenvalue weighted by Crippen LogP contribution is 2.28. The van der Waals surface area contributed by atoms with Gasteiger partial charge in [0, 0.05) is 11.5 Å². The van der Waals surface area contributed by atoms with Gasteiger partial charge in [0.05, 0.1) is 0 Å². The van der Waals surface area contributed by atoms with Crippen molar-refractivity contribution in [3.63, 3.8) is 0 Å². The first kappa shape index (κ1) is 12.6. The van der Waals surface area contributed by atoms with Crippen LogP contribution < -0.4 is 4.74 Å². The lowest BCUT2D eigenvalue weighted by atomic mass is 9.99. The van der Waals surface area contributed by atoms with Crippen LogP contribution in [0.5, 0.6) is 5.75 Å². The minimum Gasteiger partial charge on any atom is -0.435 e. The van der Waals surface area contributed by atoms with Crippen molar-refractivity contribution in [1.29, 1.82) is 0 Å². The fourth-order valence-electron chi connectivity index (χ4n) is 1.45. The van der Waals surface area contributed by atoms with Gasteiger partial charge in [-0.3, -0.25) is 0 Å². The van der Waals surface area contributed by atoms with Gasteiger partial charge < -0.3 is 9.53 Å². The molecule has 1 rings (SSSR count). The van der Waals surface area contributed by atoms with Crippen molar-refractivity contribution in [3.8, 4) is 5.75 Å². The molecule has 0 radical (unpaired) electrons. The lowest BCUT2D eigenvalue weighted by molar-refractivity contribution is -0.108. The minimum absolute atomic E-state index is 0.0916. The topological polar surface area (TPSA) is 26.3 Å². The summed E-state index contributed by atoms with van der Waals surface area (Å²) in [5.74, 6) is -0.353. The Labute approximate surface area is 93.2 Å². The van der Waals surface area contributed by atoms with Crippen molar-refractivity contribution in [1.82, 2.24) is 0 Å². The average molecular weight is 228 g/mol. The van der Waals surface area contributed by atoms with Gasteiger partial charge in [-0.25, -0.2) is 0 Å². The maximum atomic E-state index is 12.2. The molecule has 0 heterocycles. The smallest absolute Gasteiger partial charge is 0.387 e. The first-order chi connectivity index (χ1) is 7.58. The zero-order chi connectivity index (χ0) is 12.1. The van der Waals surface area contributed by atoms with E-state index in [4.69, 9.17) is 0 Å². The van der Waals surface area contributed by atoms with Crippen LogP contribution in [0.2, 0.25) is 0 Å². The molecule has 0 aliphatic carbocycles. The van der Waals surface area contributed by atoms with Crippen LogP contribution in [0.1, 0.15) is 30.9 Å². The average Bonchev–Trinajstić information content (AvgIpc) is 2.27. The predicted molar refractivity (Wildman–Crippen MR) is 56.9 cm³/mol. The molecule has 16 heavy (non-hydrogen) atoms. The van der Waals surface area contributed by atoms with Crippen LogP contribution in [-0.4, -0.2) is 12.9 Å². The fraction of sp³-hybridized carbons (Fsp3) is 0.417. The van der Waals surface area contributed by atoms with Gasteiger partial charge in [0.1, 0.15) is 12.0 Å². The van der Waals surface area contributed by atoms with Gasteiger partial charge in [-0.05, 0) is 18.1 Å². The van der Waals surface area contributed by atoms with E-state index < -0.39 is 12.5 Å². The number of halogens is 2. The second kappa shape index (κ2) is 5.58. The molecule has 0 amide bonds. The zero-order valence-corrected chi connectivity index (χ0v) is 9.24. The molecule has 0 N–H and O–H groups in total. The lowest BCUT2D eigenvalue weighted by Crippen LogP contribution is -2.07. The number of aldehydes is 1. The summed E-state index contributed by atoms with van der Waals surface area (Å²) in [5, 5.41) is 0. The second-order valence-electron chi connectivity index (χ2n) is 3.53. The third-order valence-corrected chi connectivity index (χ3v) is 2.40. The van der Waals surface area contributed by atoms with Crippen LogP contribution in [0.15, 0.2) is 18.2 Å². The highest BCUT2D eigenvalue weighted by atomic mass is 19.3. The number of aryl methyl sites for hydroxylation is 1. The summed E-state index contributed by atoms with van der Waals surface area (Å²) in [6, 6.07) is 5.03. The van der Waals surface area contributed by atoms with Crippen molar-refractivity contribution in [3.05, 3.63) is 29.3 Å². The number of carbonyl (C=O) groups is 1. The summed E-state index contributed by atoms with van der Waals surface area (Å²) in [6.07, 6.45) is 1.44. The number of hydrogen-bond acceptors (Lipinski definition) is 2. The van der Waals surface area contributed by atoms with Gasteiger partial charge in [-0.1, -0.05) is 26.0 Å². The van der Waals surface area contributed by atoms with E-state index in [1.807, 2.05) is 13.0 Å². The molecule has 0 aromatic heterocycles. The third kappa shape index (κ3) is 3.02. The number of hydrogen-bond donors (Lipinski definition) is 0. The van der Waals surface area contributed by atoms with Crippen molar-refractivity contribution in [2.45, 2.75) is 32.8 Å². The molecule has 0 aliphatic rings. The summed E-state index contributed by atoms with van der Waals surface area (Å²) >= 11 is 0. The largest absolute Gasteiger partial charge is 0.435 e. The van der Waals surface area contributed by atoms with Gasteiger partial charge >= 0.3 is 6.61 Å². The molecule has 1 unspecified atom stereocenters. The molecule has 0 spiro atoms. The molecule has 0 saturated carbocycles. The van der Waals surface area contributed by atoms with E-state index in [1.165, 1.54) is 0 Å². The van der Waals surface area contributed by atoms with Gasteiger partial charge in [-0.2, -0.15) is 8.78 Å². The molecule has 4 heteroatoms. The summed E-state index contributed by atoms with van der Waals surface area (Å²) < 4.78 is 28.8. The molecule has 1 aromatic rings. The van der Waals surface area contributed by atoms with Gasteiger partial charge in [0.25, 0.3) is 0 Å². The van der Waals surface area contributed by atoms with Crippen LogP contribution in [0.4, 0.5) is 8.78 Å². The first-order valence-electron chi connectivity index (χ1n) is 5.11. The molecule has 2 nitrogen and oxygen atoms in total. The van der Waals surface area contributed by atoms with Crippen molar-refractivity contribution in [2.24, 2.45) is 0 Å². The number of carbonyl (C=O) groups excluding carboxylic acids is 1. The maximum absolute atomic E-state index is 12.2. The molecule has 1 aromatic carbocycles.